The molecule has 0 spiro atoms. The number of hydrogen-bond acceptors (Lipinski definition) is 3. The molecule has 3 nitrogen and oxygen atoms in total. The highest BCUT2D eigenvalue weighted by atomic mass is 19.1. The van der Waals surface area contributed by atoms with Crippen molar-refractivity contribution in [2.75, 3.05) is 6.54 Å². The lowest BCUT2D eigenvalue weighted by atomic mass is 10.1. The predicted octanol–water partition coefficient (Wildman–Crippen LogP) is 2.87. The maximum Gasteiger partial charge on any atom is 0.212 e. The Bertz CT molecular complexity index is 530. The van der Waals surface area contributed by atoms with Gasteiger partial charge in [-0.15, -0.1) is 0 Å². The Kier molecular flexibility index (Phi) is 5.84. The Labute approximate surface area is 124 Å². The van der Waals surface area contributed by atoms with Crippen LogP contribution in [0, 0.1) is 5.95 Å². The molecule has 0 radical (unpaired) electrons. The summed E-state index contributed by atoms with van der Waals surface area (Å²) in [4.78, 5) is 3.64. The third-order valence-corrected chi connectivity index (χ3v) is 3.50. The van der Waals surface area contributed by atoms with E-state index in [0.29, 0.717) is 6.54 Å². The van der Waals surface area contributed by atoms with Gasteiger partial charge in [0.1, 0.15) is 0 Å². The summed E-state index contributed by atoms with van der Waals surface area (Å²) in [7, 11) is 0. The topological polar surface area (TPSA) is 45.2 Å². The highest BCUT2D eigenvalue weighted by molar-refractivity contribution is 5.17. The number of aromatic nitrogens is 1. The van der Waals surface area contributed by atoms with E-state index in [0.717, 1.165) is 24.0 Å². The van der Waals surface area contributed by atoms with Crippen LogP contribution in [0.2, 0.25) is 0 Å². The molecule has 2 atom stereocenters. The number of benzene rings is 1. The van der Waals surface area contributed by atoms with Crippen LogP contribution in [0.5, 0.6) is 0 Å². The molecule has 0 amide bonds. The van der Waals surface area contributed by atoms with Gasteiger partial charge in [0.2, 0.25) is 5.95 Å². The molecule has 0 saturated heterocycles. The number of aliphatic hydroxyl groups is 1. The quantitative estimate of drug-likeness (QED) is 0.770. The minimum atomic E-state index is -0.499. The summed E-state index contributed by atoms with van der Waals surface area (Å²) < 4.78 is 12.7. The molecule has 0 aliphatic carbocycles. The first kappa shape index (κ1) is 15.6. The number of rotatable bonds is 7. The van der Waals surface area contributed by atoms with E-state index in [4.69, 9.17) is 0 Å². The van der Waals surface area contributed by atoms with Crippen LogP contribution in [0.4, 0.5) is 4.39 Å². The number of pyridine rings is 1. The molecule has 0 saturated carbocycles. The van der Waals surface area contributed by atoms with Crippen molar-refractivity contribution in [3.63, 3.8) is 0 Å². The Morgan fingerprint density at radius 1 is 1.19 bits per heavy atom. The lowest BCUT2D eigenvalue weighted by Crippen LogP contribution is -2.30. The minimum Gasteiger partial charge on any atom is -0.387 e. The minimum absolute atomic E-state index is 0.272. The molecule has 0 aliphatic rings. The predicted molar refractivity (Wildman–Crippen MR) is 81.4 cm³/mol. The van der Waals surface area contributed by atoms with E-state index in [1.807, 2.05) is 30.3 Å². The van der Waals surface area contributed by atoms with Gasteiger partial charge in [-0.05, 0) is 37.0 Å². The van der Waals surface area contributed by atoms with Crippen LogP contribution in [-0.2, 0) is 6.42 Å². The average molecular weight is 288 g/mol. The summed E-state index contributed by atoms with van der Waals surface area (Å²) in [5.74, 6) is -0.448. The first-order valence-corrected chi connectivity index (χ1v) is 7.22. The molecule has 4 heteroatoms. The molecule has 1 aromatic heterocycles. The fraction of sp³-hybridized carbons (Fsp3) is 0.353. The van der Waals surface area contributed by atoms with Crippen LogP contribution in [0.1, 0.15) is 30.6 Å². The van der Waals surface area contributed by atoms with E-state index in [1.54, 1.807) is 12.3 Å². The second-order valence-corrected chi connectivity index (χ2v) is 5.26. The van der Waals surface area contributed by atoms with Gasteiger partial charge in [-0.2, -0.15) is 4.39 Å². The van der Waals surface area contributed by atoms with Crippen molar-refractivity contribution in [3.05, 3.63) is 65.7 Å². The number of halogens is 1. The molecule has 2 aromatic rings. The van der Waals surface area contributed by atoms with Crippen LogP contribution in [0.25, 0.3) is 0 Å². The summed E-state index contributed by atoms with van der Waals surface area (Å²) in [5, 5.41) is 13.4. The van der Waals surface area contributed by atoms with Gasteiger partial charge >= 0.3 is 0 Å². The SMILES string of the molecule is CC(CCc1ccc(F)nc1)NC[C@@H](O)c1ccccc1. The van der Waals surface area contributed by atoms with Gasteiger partial charge in [0.25, 0.3) is 0 Å². The molecule has 1 heterocycles. The monoisotopic (exact) mass is 288 g/mol. The van der Waals surface area contributed by atoms with Crippen LogP contribution in [0.15, 0.2) is 48.7 Å². The summed E-state index contributed by atoms with van der Waals surface area (Å²) in [6.45, 7) is 2.60. The molecule has 2 rings (SSSR count). The standard InChI is InChI=1S/C17H21FN2O/c1-13(7-8-14-9-10-17(18)20-11-14)19-12-16(21)15-5-3-2-4-6-15/h2-6,9-11,13,16,19,21H,7-8,12H2,1H3/t13?,16-/m1/s1. The van der Waals surface area contributed by atoms with Gasteiger partial charge in [0.15, 0.2) is 0 Å². The molecule has 0 bridgehead atoms. The number of aryl methyl sites for hydroxylation is 1. The van der Waals surface area contributed by atoms with Gasteiger partial charge in [0.05, 0.1) is 6.10 Å². The Morgan fingerprint density at radius 2 is 1.95 bits per heavy atom. The van der Waals surface area contributed by atoms with Crippen LogP contribution >= 0.6 is 0 Å². The lowest BCUT2D eigenvalue weighted by molar-refractivity contribution is 0.170. The lowest BCUT2D eigenvalue weighted by Gasteiger charge is -2.17. The maximum atomic E-state index is 12.7. The van der Waals surface area contributed by atoms with E-state index in [1.165, 1.54) is 6.07 Å². The highest BCUT2D eigenvalue weighted by Gasteiger charge is 2.09. The van der Waals surface area contributed by atoms with Gasteiger partial charge in [-0.1, -0.05) is 36.4 Å². The van der Waals surface area contributed by atoms with Gasteiger partial charge in [-0.25, -0.2) is 4.98 Å². The molecule has 0 fully saturated rings. The highest BCUT2D eigenvalue weighted by Crippen LogP contribution is 2.11. The summed E-state index contributed by atoms with van der Waals surface area (Å²) in [6.07, 6.45) is 2.82. The average Bonchev–Trinajstić information content (AvgIpc) is 2.53. The molecular weight excluding hydrogens is 267 g/mol. The fourth-order valence-corrected chi connectivity index (χ4v) is 2.15. The number of hydrogen-bond donors (Lipinski definition) is 2. The Morgan fingerprint density at radius 3 is 2.62 bits per heavy atom. The van der Waals surface area contributed by atoms with Gasteiger partial charge < -0.3 is 10.4 Å². The van der Waals surface area contributed by atoms with E-state index in [-0.39, 0.29) is 6.04 Å². The van der Waals surface area contributed by atoms with Gasteiger partial charge in [-0.3, -0.25) is 0 Å². The first-order valence-electron chi connectivity index (χ1n) is 7.22. The maximum absolute atomic E-state index is 12.7. The molecule has 1 aromatic carbocycles. The van der Waals surface area contributed by atoms with Crippen molar-refractivity contribution in [2.24, 2.45) is 0 Å². The van der Waals surface area contributed by atoms with Crippen LogP contribution in [-0.4, -0.2) is 22.7 Å². The summed E-state index contributed by atoms with van der Waals surface area (Å²) in [5.41, 5.74) is 1.94. The third kappa shape index (κ3) is 5.25. The molecule has 21 heavy (non-hydrogen) atoms. The van der Waals surface area contributed by atoms with Crippen molar-refractivity contribution in [3.8, 4) is 0 Å². The van der Waals surface area contributed by atoms with E-state index >= 15 is 0 Å². The molecule has 2 N–H and O–H groups in total. The fourth-order valence-electron chi connectivity index (χ4n) is 2.15. The molecular formula is C17H21FN2O. The van der Waals surface area contributed by atoms with E-state index in [2.05, 4.69) is 17.2 Å². The number of aliphatic hydroxyl groups excluding tert-OH is 1. The first-order chi connectivity index (χ1) is 10.1. The largest absolute Gasteiger partial charge is 0.387 e. The third-order valence-electron chi connectivity index (χ3n) is 3.50. The van der Waals surface area contributed by atoms with Gasteiger partial charge in [0, 0.05) is 18.8 Å². The molecule has 112 valence electrons. The summed E-state index contributed by atoms with van der Waals surface area (Å²) in [6, 6.07) is 13.0. The van der Waals surface area contributed by atoms with E-state index in [9.17, 15) is 9.50 Å². The van der Waals surface area contributed by atoms with Crippen LogP contribution < -0.4 is 5.32 Å². The van der Waals surface area contributed by atoms with Crippen LogP contribution in [0.3, 0.4) is 0 Å². The number of nitrogens with one attached hydrogen (secondary N) is 1. The van der Waals surface area contributed by atoms with E-state index < -0.39 is 12.1 Å². The van der Waals surface area contributed by atoms with Crippen molar-refractivity contribution in [2.45, 2.75) is 31.9 Å². The second kappa shape index (κ2) is 7.86. The second-order valence-electron chi connectivity index (χ2n) is 5.26. The van der Waals surface area contributed by atoms with Crippen molar-refractivity contribution < 1.29 is 9.50 Å². The van der Waals surface area contributed by atoms with Crippen molar-refractivity contribution in [1.82, 2.24) is 10.3 Å². The molecule has 1 unspecified atom stereocenters. The smallest absolute Gasteiger partial charge is 0.212 e. The molecule has 0 aliphatic heterocycles. The zero-order valence-corrected chi connectivity index (χ0v) is 12.2. The normalized spacial score (nSPS) is 13.9. The zero-order chi connectivity index (χ0) is 15.1. The van der Waals surface area contributed by atoms with Crippen molar-refractivity contribution >= 4 is 0 Å². The van der Waals surface area contributed by atoms with Crippen molar-refractivity contribution in [1.29, 1.82) is 0 Å². The summed E-state index contributed by atoms with van der Waals surface area (Å²) >= 11 is 0. The number of nitrogens with zero attached hydrogens (tertiary/aromatic N) is 1. The Balaban J connectivity index is 1.72. The Hall–Kier alpha value is -1.78. The zero-order valence-electron chi connectivity index (χ0n) is 12.2.